The summed E-state index contributed by atoms with van der Waals surface area (Å²) in [6.07, 6.45) is 1.23. The predicted molar refractivity (Wildman–Crippen MR) is 159 cm³/mol. The van der Waals surface area contributed by atoms with Gasteiger partial charge in [0.15, 0.2) is 17.2 Å². The molecule has 0 radical (unpaired) electrons. The molecule has 7 heteroatoms. The number of aliphatic hydroxyl groups excluding tert-OH is 2. The van der Waals surface area contributed by atoms with Gasteiger partial charge in [0.1, 0.15) is 22.8 Å². The first-order valence-corrected chi connectivity index (χ1v) is 14.6. The largest absolute Gasteiger partial charge is 0.511 e. The molecule has 0 heterocycles. The zero-order chi connectivity index (χ0) is 31.1. The van der Waals surface area contributed by atoms with Crippen molar-refractivity contribution in [3.05, 3.63) is 75.8 Å². The van der Waals surface area contributed by atoms with E-state index in [1.165, 1.54) is 11.6 Å². The van der Waals surface area contributed by atoms with Crippen LogP contribution in [0, 0.1) is 28.6 Å². The Bertz CT molecular complexity index is 1590. The van der Waals surface area contributed by atoms with Gasteiger partial charge >= 0.3 is 0 Å². The third kappa shape index (κ3) is 3.93. The lowest BCUT2D eigenvalue weighted by atomic mass is 9.44. The van der Waals surface area contributed by atoms with Crippen LogP contribution < -0.4 is 0 Å². The Labute approximate surface area is 246 Å². The number of benzene rings is 2. The first kappa shape index (κ1) is 29.8. The molecule has 2 aromatic rings. The van der Waals surface area contributed by atoms with E-state index in [0.717, 1.165) is 24.5 Å². The molecule has 0 aliphatic heterocycles. The highest BCUT2D eigenvalue weighted by Crippen LogP contribution is 2.65. The van der Waals surface area contributed by atoms with Gasteiger partial charge in [0.05, 0.1) is 5.56 Å². The fraction of sp³-hybridized carbons (Fsp3) is 0.457. The number of Topliss-reactive ketones (excluding diaryl/α,β-unsaturated/α-hetero) is 3. The van der Waals surface area contributed by atoms with Gasteiger partial charge < -0.3 is 20.4 Å². The first-order chi connectivity index (χ1) is 19.5. The zero-order valence-corrected chi connectivity index (χ0v) is 25.3. The van der Waals surface area contributed by atoms with Crippen molar-refractivity contribution >= 4 is 17.3 Å². The van der Waals surface area contributed by atoms with Crippen LogP contribution in [0.25, 0.3) is 11.1 Å². The summed E-state index contributed by atoms with van der Waals surface area (Å²) in [7, 11) is 0. The number of ketones is 3. The highest BCUT2D eigenvalue weighted by atomic mass is 16.3. The monoisotopic (exact) mass is 572 g/mol. The molecular weight excluding hydrogens is 532 g/mol. The van der Waals surface area contributed by atoms with Crippen LogP contribution in [0.2, 0.25) is 0 Å². The van der Waals surface area contributed by atoms with E-state index in [4.69, 9.17) is 0 Å². The summed E-state index contributed by atoms with van der Waals surface area (Å²) in [6.45, 7) is 12.5. The number of phenols is 1. The lowest BCUT2D eigenvalue weighted by Crippen LogP contribution is -2.67. The van der Waals surface area contributed by atoms with Gasteiger partial charge in [-0.05, 0) is 66.3 Å². The Kier molecular flexibility index (Phi) is 6.85. The minimum atomic E-state index is -2.61. The van der Waals surface area contributed by atoms with E-state index in [0.29, 0.717) is 11.5 Å². The van der Waals surface area contributed by atoms with Gasteiger partial charge in [0.2, 0.25) is 5.78 Å². The third-order valence-electron chi connectivity index (χ3n) is 9.80. The standard InChI is InChI=1S/C35H40O7/c1-17(2)14-20-8-10-21(11-9-20)22-12-13-24(37)26-23(22)15-33(6)16-34(7)27(18(3)4)29(38)25(19(5)36)31(40)35(34,42)32(41)28(33)30(26)39/h8-13,17-18,27,37-38,41-42H,14-16H2,1-7H3/t27?,33-,34-,35+/m1/s1. The van der Waals surface area contributed by atoms with Crippen LogP contribution in [-0.4, -0.2) is 43.4 Å². The maximum absolute atomic E-state index is 14.2. The van der Waals surface area contributed by atoms with E-state index in [-0.39, 0.29) is 35.6 Å². The first-order valence-electron chi connectivity index (χ1n) is 14.6. The summed E-state index contributed by atoms with van der Waals surface area (Å²) in [5.74, 6) is -4.64. The lowest BCUT2D eigenvalue weighted by Gasteiger charge is -2.59. The number of aromatic hydroxyl groups is 1. The number of hydrogen-bond acceptors (Lipinski definition) is 7. The summed E-state index contributed by atoms with van der Waals surface area (Å²) in [5, 5.41) is 46.2. The van der Waals surface area contributed by atoms with Crippen LogP contribution >= 0.6 is 0 Å². The average molecular weight is 573 g/mol. The van der Waals surface area contributed by atoms with Crippen molar-refractivity contribution < 1.29 is 34.8 Å². The van der Waals surface area contributed by atoms with E-state index in [1.54, 1.807) is 13.0 Å². The number of allylic oxidation sites excluding steroid dienone is 2. The van der Waals surface area contributed by atoms with Crippen LogP contribution in [0.4, 0.5) is 0 Å². The van der Waals surface area contributed by atoms with E-state index in [2.05, 4.69) is 26.0 Å². The number of aliphatic hydroxyl groups is 3. The van der Waals surface area contributed by atoms with Crippen LogP contribution in [0.3, 0.4) is 0 Å². The highest BCUT2D eigenvalue weighted by Gasteiger charge is 2.71. The summed E-state index contributed by atoms with van der Waals surface area (Å²) >= 11 is 0. The lowest BCUT2D eigenvalue weighted by molar-refractivity contribution is -0.171. The molecule has 2 aromatic carbocycles. The molecular formula is C35H40O7. The van der Waals surface area contributed by atoms with Gasteiger partial charge in [-0.25, -0.2) is 0 Å². The number of carbonyl (C=O) groups excluding carboxylic acids is 3. The Morgan fingerprint density at radius 1 is 0.976 bits per heavy atom. The van der Waals surface area contributed by atoms with Gasteiger partial charge in [-0.3, -0.25) is 14.4 Å². The van der Waals surface area contributed by atoms with Crippen molar-refractivity contribution in [3.63, 3.8) is 0 Å². The topological polar surface area (TPSA) is 132 Å². The van der Waals surface area contributed by atoms with Crippen LogP contribution in [0.15, 0.2) is 59.1 Å². The molecule has 0 amide bonds. The Balaban J connectivity index is 1.74. The van der Waals surface area contributed by atoms with E-state index < -0.39 is 56.8 Å². The molecule has 3 aliphatic rings. The Morgan fingerprint density at radius 3 is 2.14 bits per heavy atom. The van der Waals surface area contributed by atoms with Crippen molar-refractivity contribution in [1.29, 1.82) is 0 Å². The fourth-order valence-corrected chi connectivity index (χ4v) is 8.29. The molecule has 4 atom stereocenters. The van der Waals surface area contributed by atoms with Crippen LogP contribution in [-0.2, 0) is 22.4 Å². The second-order valence-electron chi connectivity index (χ2n) is 13.7. The number of hydrogen-bond donors (Lipinski definition) is 4. The van der Waals surface area contributed by atoms with E-state index >= 15 is 0 Å². The van der Waals surface area contributed by atoms with Crippen LogP contribution in [0.5, 0.6) is 5.75 Å². The van der Waals surface area contributed by atoms with Gasteiger partial charge in [0, 0.05) is 22.3 Å². The van der Waals surface area contributed by atoms with E-state index in [1.807, 2.05) is 32.9 Å². The molecule has 0 fully saturated rings. The molecule has 5 rings (SSSR count). The molecule has 4 N–H and O–H groups in total. The molecule has 0 saturated heterocycles. The Morgan fingerprint density at radius 2 is 1.60 bits per heavy atom. The van der Waals surface area contributed by atoms with Crippen molar-refractivity contribution in [1.82, 2.24) is 0 Å². The van der Waals surface area contributed by atoms with Crippen molar-refractivity contribution in [2.45, 2.75) is 73.3 Å². The van der Waals surface area contributed by atoms with Gasteiger partial charge in [-0.15, -0.1) is 0 Å². The normalized spacial score (nSPS) is 29.1. The molecule has 3 aliphatic carbocycles. The third-order valence-corrected chi connectivity index (χ3v) is 9.80. The predicted octanol–water partition coefficient (Wildman–Crippen LogP) is 6.21. The van der Waals surface area contributed by atoms with Crippen molar-refractivity contribution in [2.24, 2.45) is 28.6 Å². The minimum Gasteiger partial charge on any atom is -0.511 e. The quantitative estimate of drug-likeness (QED) is 0.313. The number of rotatable bonds is 5. The maximum Gasteiger partial charge on any atom is 0.209 e. The van der Waals surface area contributed by atoms with Crippen molar-refractivity contribution in [2.75, 3.05) is 0 Å². The number of phenolic OH excluding ortho intramolecular Hbond substituents is 1. The summed E-state index contributed by atoms with van der Waals surface area (Å²) in [5.41, 5.74) is -2.32. The fourth-order valence-electron chi connectivity index (χ4n) is 8.29. The van der Waals surface area contributed by atoms with E-state index in [9.17, 15) is 34.8 Å². The molecule has 7 nitrogen and oxygen atoms in total. The SMILES string of the molecule is CC(=O)C1=C(O)C(C(C)C)[C@@]2(C)C[C@@]3(C)Cc4c(-c5ccc(CC(C)C)cc5)ccc(O)c4C(=O)C3=C(O)[C@@]2(O)C1=O. The molecule has 222 valence electrons. The Hall–Kier alpha value is -3.71. The van der Waals surface area contributed by atoms with Gasteiger partial charge in [-0.1, -0.05) is 71.9 Å². The molecule has 0 aromatic heterocycles. The van der Waals surface area contributed by atoms with Crippen LogP contribution in [0.1, 0.15) is 76.4 Å². The highest BCUT2D eigenvalue weighted by molar-refractivity contribution is 6.25. The smallest absolute Gasteiger partial charge is 0.209 e. The molecule has 0 bridgehead atoms. The second-order valence-corrected chi connectivity index (χ2v) is 13.7. The molecule has 0 spiro atoms. The summed E-state index contributed by atoms with van der Waals surface area (Å²) in [4.78, 5) is 40.6. The molecule has 0 saturated carbocycles. The zero-order valence-electron chi connectivity index (χ0n) is 25.3. The summed E-state index contributed by atoms with van der Waals surface area (Å²) in [6, 6.07) is 11.4. The van der Waals surface area contributed by atoms with Gasteiger partial charge in [-0.2, -0.15) is 0 Å². The second kappa shape index (κ2) is 9.66. The number of carbonyl (C=O) groups is 3. The molecule has 1 unspecified atom stereocenters. The summed E-state index contributed by atoms with van der Waals surface area (Å²) < 4.78 is 0. The van der Waals surface area contributed by atoms with Gasteiger partial charge in [0.25, 0.3) is 0 Å². The molecule has 42 heavy (non-hydrogen) atoms. The maximum atomic E-state index is 14.2. The minimum absolute atomic E-state index is 0.0267. The average Bonchev–Trinajstić information content (AvgIpc) is 2.86. The van der Waals surface area contributed by atoms with Crippen molar-refractivity contribution in [3.8, 4) is 16.9 Å². The number of fused-ring (bicyclic) bond motifs is 3.